The van der Waals surface area contributed by atoms with Gasteiger partial charge in [-0.15, -0.1) is 0 Å². The number of aldehydes is 1. The Balaban J connectivity index is 2.15. The summed E-state index contributed by atoms with van der Waals surface area (Å²) in [4.78, 5) is 46.5. The van der Waals surface area contributed by atoms with Crippen molar-refractivity contribution in [1.29, 1.82) is 0 Å². The molecule has 0 aliphatic carbocycles. The molecule has 0 radical (unpaired) electrons. The molecule has 0 saturated heterocycles. The van der Waals surface area contributed by atoms with E-state index in [1.807, 2.05) is 0 Å². The first-order valence-corrected chi connectivity index (χ1v) is 12.7. The van der Waals surface area contributed by atoms with E-state index < -0.39 is 11.9 Å². The van der Waals surface area contributed by atoms with Gasteiger partial charge in [0.2, 0.25) is 5.91 Å². The molecule has 1 aromatic carbocycles. The smallest absolute Gasteiger partial charge is 0.305 e. The highest BCUT2D eigenvalue weighted by atomic mass is 16.4. The van der Waals surface area contributed by atoms with Crippen molar-refractivity contribution in [3.63, 3.8) is 0 Å². The van der Waals surface area contributed by atoms with Crippen molar-refractivity contribution in [2.45, 2.75) is 103 Å². The summed E-state index contributed by atoms with van der Waals surface area (Å²) in [6, 6.07) is 6.99. The van der Waals surface area contributed by atoms with E-state index in [0.717, 1.165) is 50.4 Å². The van der Waals surface area contributed by atoms with Crippen LogP contribution in [-0.4, -0.2) is 45.8 Å². The molecule has 0 aromatic heterocycles. The zero-order valence-electron chi connectivity index (χ0n) is 20.4. The monoisotopic (exact) mass is 475 g/mol. The third-order valence-electron chi connectivity index (χ3n) is 5.97. The Kier molecular flexibility index (Phi) is 16.1. The maximum absolute atomic E-state index is 12.7. The van der Waals surface area contributed by atoms with Gasteiger partial charge in [0.05, 0.1) is 6.42 Å². The summed E-state index contributed by atoms with van der Waals surface area (Å²) < 4.78 is 0. The summed E-state index contributed by atoms with van der Waals surface area (Å²) in [6.45, 7) is 0.536. The van der Waals surface area contributed by atoms with Gasteiger partial charge in [0.15, 0.2) is 0 Å². The molecule has 1 amide bonds. The van der Waals surface area contributed by atoms with Crippen molar-refractivity contribution in [2.75, 3.05) is 6.54 Å². The number of amides is 1. The van der Waals surface area contributed by atoms with E-state index >= 15 is 0 Å². The minimum atomic E-state index is -0.924. The summed E-state index contributed by atoms with van der Waals surface area (Å²) in [7, 11) is 0. The van der Waals surface area contributed by atoms with E-state index in [1.165, 1.54) is 38.5 Å². The predicted molar refractivity (Wildman–Crippen MR) is 132 cm³/mol. The minimum absolute atomic E-state index is 0.0240. The molecule has 34 heavy (non-hydrogen) atoms. The lowest BCUT2D eigenvalue weighted by Gasteiger charge is -2.22. The Hall–Kier alpha value is -2.70. The first-order valence-electron chi connectivity index (χ1n) is 12.7. The number of carboxylic acid groups (broad SMARTS) is 2. The van der Waals surface area contributed by atoms with Crippen LogP contribution >= 0.6 is 0 Å². The second-order valence-corrected chi connectivity index (χ2v) is 8.95. The summed E-state index contributed by atoms with van der Waals surface area (Å²) >= 11 is 0. The quantitative estimate of drug-likeness (QED) is 0.170. The molecule has 0 atom stereocenters. The molecule has 190 valence electrons. The fourth-order valence-electron chi connectivity index (χ4n) is 3.92. The zero-order chi connectivity index (χ0) is 25.0. The minimum Gasteiger partial charge on any atom is -0.481 e. The Morgan fingerprint density at radius 1 is 0.647 bits per heavy atom. The van der Waals surface area contributed by atoms with Crippen LogP contribution in [0.3, 0.4) is 0 Å². The summed E-state index contributed by atoms with van der Waals surface area (Å²) in [5, 5.41) is 17.6. The first kappa shape index (κ1) is 29.3. The van der Waals surface area contributed by atoms with Crippen LogP contribution in [0.5, 0.6) is 0 Å². The fraction of sp³-hybridized carbons (Fsp3) is 0.630. The number of nitrogens with zero attached hydrogens (tertiary/aromatic N) is 1. The lowest BCUT2D eigenvalue weighted by atomic mass is 10.0. The van der Waals surface area contributed by atoms with Crippen molar-refractivity contribution in [3.05, 3.63) is 35.4 Å². The molecule has 0 unspecified atom stereocenters. The number of rotatable bonds is 21. The molecule has 0 aliphatic heterocycles. The topological polar surface area (TPSA) is 112 Å². The lowest BCUT2D eigenvalue weighted by molar-refractivity contribution is -0.139. The largest absolute Gasteiger partial charge is 0.481 e. The van der Waals surface area contributed by atoms with E-state index in [-0.39, 0.29) is 25.3 Å². The number of aliphatic carboxylic acids is 2. The van der Waals surface area contributed by atoms with Gasteiger partial charge in [0.25, 0.3) is 0 Å². The molecule has 0 aliphatic rings. The Morgan fingerprint density at radius 3 is 1.53 bits per heavy atom. The van der Waals surface area contributed by atoms with Crippen LogP contribution in [0, 0.1) is 0 Å². The van der Waals surface area contributed by atoms with Crippen LogP contribution in [0.4, 0.5) is 0 Å². The second-order valence-electron chi connectivity index (χ2n) is 8.95. The molecule has 7 heteroatoms. The van der Waals surface area contributed by atoms with E-state index in [4.69, 9.17) is 10.2 Å². The van der Waals surface area contributed by atoms with Crippen LogP contribution in [-0.2, 0) is 20.9 Å². The maximum Gasteiger partial charge on any atom is 0.305 e. The molecule has 2 N–H and O–H groups in total. The Bertz CT molecular complexity index is 731. The molecule has 0 heterocycles. The molecule has 0 spiro atoms. The average Bonchev–Trinajstić information content (AvgIpc) is 2.81. The van der Waals surface area contributed by atoms with Crippen molar-refractivity contribution in [3.8, 4) is 0 Å². The second kappa shape index (κ2) is 18.7. The van der Waals surface area contributed by atoms with E-state index in [0.29, 0.717) is 18.5 Å². The Labute approximate surface area is 203 Å². The van der Waals surface area contributed by atoms with E-state index in [1.54, 1.807) is 29.2 Å². The van der Waals surface area contributed by atoms with Crippen molar-refractivity contribution in [1.82, 2.24) is 4.90 Å². The molecular weight excluding hydrogens is 434 g/mol. The number of carboxylic acids is 2. The van der Waals surface area contributed by atoms with Gasteiger partial charge in [-0.3, -0.25) is 19.2 Å². The van der Waals surface area contributed by atoms with Gasteiger partial charge in [-0.2, -0.15) is 0 Å². The van der Waals surface area contributed by atoms with Crippen LogP contribution in [0.2, 0.25) is 0 Å². The van der Waals surface area contributed by atoms with Crippen LogP contribution in [0.15, 0.2) is 24.3 Å². The number of unbranched alkanes of at least 4 members (excludes halogenated alkanes) is 11. The normalized spacial score (nSPS) is 10.7. The molecule has 1 rings (SSSR count). The predicted octanol–water partition coefficient (Wildman–Crippen LogP) is 5.85. The van der Waals surface area contributed by atoms with E-state index in [2.05, 4.69) is 0 Å². The molecular formula is C27H41NO6. The highest BCUT2D eigenvalue weighted by molar-refractivity contribution is 5.77. The average molecular weight is 476 g/mol. The summed E-state index contributed by atoms with van der Waals surface area (Å²) in [6.07, 6.45) is 14.4. The lowest BCUT2D eigenvalue weighted by Crippen LogP contribution is -2.32. The number of hydrogen-bond donors (Lipinski definition) is 2. The molecule has 1 aromatic rings. The van der Waals surface area contributed by atoms with Gasteiger partial charge < -0.3 is 15.1 Å². The van der Waals surface area contributed by atoms with Gasteiger partial charge in [0.1, 0.15) is 6.29 Å². The van der Waals surface area contributed by atoms with Gasteiger partial charge >= 0.3 is 11.9 Å². The van der Waals surface area contributed by atoms with Crippen LogP contribution in [0.1, 0.15) is 112 Å². The number of carbonyl (C=O) groups is 4. The van der Waals surface area contributed by atoms with Crippen molar-refractivity contribution in [2.24, 2.45) is 0 Å². The first-order chi connectivity index (χ1) is 16.4. The molecule has 0 saturated carbocycles. The third-order valence-corrected chi connectivity index (χ3v) is 5.97. The van der Waals surface area contributed by atoms with Gasteiger partial charge in [-0.1, -0.05) is 88.5 Å². The van der Waals surface area contributed by atoms with Gasteiger partial charge in [0, 0.05) is 31.5 Å². The van der Waals surface area contributed by atoms with Crippen LogP contribution < -0.4 is 0 Å². The van der Waals surface area contributed by atoms with Gasteiger partial charge in [-0.05, 0) is 18.4 Å². The molecule has 0 bridgehead atoms. The number of hydrogen-bond acceptors (Lipinski definition) is 4. The fourth-order valence-corrected chi connectivity index (χ4v) is 3.92. The molecule has 7 nitrogen and oxygen atoms in total. The van der Waals surface area contributed by atoms with E-state index in [9.17, 15) is 19.2 Å². The van der Waals surface area contributed by atoms with Crippen molar-refractivity contribution < 1.29 is 29.4 Å². The highest BCUT2D eigenvalue weighted by Gasteiger charge is 2.15. The number of carbonyl (C=O) groups excluding carboxylic acids is 2. The molecule has 0 fully saturated rings. The SMILES string of the molecule is O=Cc1ccc(CN(CCC(=O)O)C(=O)CCCCCCCCCCCCCCC(=O)O)cc1. The van der Waals surface area contributed by atoms with Crippen molar-refractivity contribution >= 4 is 24.1 Å². The number of benzene rings is 1. The highest BCUT2D eigenvalue weighted by Crippen LogP contribution is 2.14. The zero-order valence-corrected chi connectivity index (χ0v) is 20.4. The third kappa shape index (κ3) is 15.2. The summed E-state index contributed by atoms with van der Waals surface area (Å²) in [5.41, 5.74) is 1.45. The van der Waals surface area contributed by atoms with Gasteiger partial charge in [-0.25, -0.2) is 0 Å². The standard InChI is InChI=1S/C27H41NO6/c29-22-24-17-15-23(16-18-24)21-28(20-19-27(33)34)25(30)13-11-9-7-5-3-1-2-4-6-8-10-12-14-26(31)32/h15-18,22H,1-14,19-21H2,(H,31,32)(H,33,34). The van der Waals surface area contributed by atoms with Crippen LogP contribution in [0.25, 0.3) is 0 Å². The maximum atomic E-state index is 12.7. The summed E-state index contributed by atoms with van der Waals surface area (Å²) in [5.74, 6) is -1.65. The Morgan fingerprint density at radius 2 is 1.09 bits per heavy atom.